The van der Waals surface area contributed by atoms with Crippen LogP contribution >= 0.6 is 0 Å². The van der Waals surface area contributed by atoms with Gasteiger partial charge in [0, 0.05) is 11.4 Å². The van der Waals surface area contributed by atoms with Crippen LogP contribution in [-0.2, 0) is 11.2 Å². The monoisotopic (exact) mass is 378 g/mol. The quantitative estimate of drug-likeness (QED) is 0.521. The Morgan fingerprint density at radius 2 is 1.54 bits per heavy atom. The van der Waals surface area contributed by atoms with Gasteiger partial charge in [0.2, 0.25) is 5.91 Å². The minimum absolute atomic E-state index is 0.120. The van der Waals surface area contributed by atoms with E-state index >= 15 is 0 Å². The summed E-state index contributed by atoms with van der Waals surface area (Å²) in [5.74, 6) is 0.265. The van der Waals surface area contributed by atoms with Crippen molar-refractivity contribution in [2.75, 3.05) is 23.8 Å². The number of hydrogen-bond acceptors (Lipinski definition) is 3. The van der Waals surface area contributed by atoms with Crippen molar-refractivity contribution in [3.8, 4) is 5.75 Å². The molecule has 3 rings (SSSR count). The van der Waals surface area contributed by atoms with Crippen LogP contribution in [0.2, 0.25) is 0 Å². The van der Waals surface area contributed by atoms with Gasteiger partial charge in [0.15, 0.2) is 0 Å². The fourth-order valence-electron chi connectivity index (χ4n) is 2.70. The topological polar surface area (TPSA) is 50.4 Å². The van der Waals surface area contributed by atoms with Crippen LogP contribution in [-0.4, -0.2) is 19.1 Å². The maximum absolute atomic E-state index is 12.9. The van der Waals surface area contributed by atoms with Crippen molar-refractivity contribution in [3.05, 3.63) is 90.2 Å². The largest absolute Gasteiger partial charge is 0.494 e. The highest BCUT2D eigenvalue weighted by molar-refractivity contribution is 5.93. The van der Waals surface area contributed by atoms with Crippen molar-refractivity contribution in [2.45, 2.75) is 12.8 Å². The minimum Gasteiger partial charge on any atom is -0.494 e. The molecular weight excluding hydrogens is 355 g/mol. The van der Waals surface area contributed by atoms with E-state index in [1.54, 1.807) is 0 Å². The Labute approximate surface area is 164 Å². The molecule has 0 atom stereocenters. The lowest BCUT2D eigenvalue weighted by Crippen LogP contribution is -2.21. The molecule has 0 fully saturated rings. The Morgan fingerprint density at radius 3 is 2.25 bits per heavy atom. The zero-order valence-corrected chi connectivity index (χ0v) is 15.5. The number of benzene rings is 3. The maximum Gasteiger partial charge on any atom is 0.243 e. The molecule has 0 radical (unpaired) electrons. The van der Waals surface area contributed by atoms with Gasteiger partial charge in [-0.15, -0.1) is 0 Å². The molecule has 0 heterocycles. The van der Waals surface area contributed by atoms with E-state index in [0.717, 1.165) is 24.3 Å². The Balaban J connectivity index is 1.36. The fourth-order valence-corrected chi connectivity index (χ4v) is 2.70. The van der Waals surface area contributed by atoms with Gasteiger partial charge in [-0.05, 0) is 66.9 Å². The molecule has 3 aromatic carbocycles. The van der Waals surface area contributed by atoms with Crippen molar-refractivity contribution >= 4 is 17.3 Å². The molecule has 1 amide bonds. The highest BCUT2D eigenvalue weighted by Gasteiger charge is 2.03. The Morgan fingerprint density at radius 1 is 0.857 bits per heavy atom. The van der Waals surface area contributed by atoms with E-state index < -0.39 is 0 Å². The molecule has 3 aromatic rings. The zero-order chi connectivity index (χ0) is 19.6. The molecule has 5 heteroatoms. The van der Waals surface area contributed by atoms with E-state index in [0.29, 0.717) is 12.3 Å². The number of anilines is 2. The molecule has 0 bridgehead atoms. The third kappa shape index (κ3) is 6.43. The van der Waals surface area contributed by atoms with Crippen LogP contribution < -0.4 is 15.4 Å². The van der Waals surface area contributed by atoms with E-state index in [1.165, 1.54) is 29.8 Å². The third-order valence-corrected chi connectivity index (χ3v) is 4.16. The summed E-state index contributed by atoms with van der Waals surface area (Å²) < 4.78 is 18.6. The summed E-state index contributed by atoms with van der Waals surface area (Å²) in [6, 6.07) is 23.5. The van der Waals surface area contributed by atoms with Crippen LogP contribution in [0.1, 0.15) is 12.0 Å². The average Bonchev–Trinajstić information content (AvgIpc) is 2.73. The lowest BCUT2D eigenvalue weighted by atomic mass is 10.1. The summed E-state index contributed by atoms with van der Waals surface area (Å²) in [4.78, 5) is 11.9. The molecule has 2 N–H and O–H groups in total. The summed E-state index contributed by atoms with van der Waals surface area (Å²) >= 11 is 0. The second kappa shape index (κ2) is 10.1. The molecular formula is C23H23FN2O2. The van der Waals surface area contributed by atoms with E-state index in [-0.39, 0.29) is 18.3 Å². The lowest BCUT2D eigenvalue weighted by Gasteiger charge is -2.10. The van der Waals surface area contributed by atoms with E-state index in [9.17, 15) is 9.18 Å². The van der Waals surface area contributed by atoms with Gasteiger partial charge in [0.05, 0.1) is 13.2 Å². The van der Waals surface area contributed by atoms with Crippen LogP contribution in [0, 0.1) is 5.82 Å². The molecule has 0 saturated carbocycles. The fraction of sp³-hybridized carbons (Fsp3) is 0.174. The summed E-state index contributed by atoms with van der Waals surface area (Å²) in [5, 5.41) is 5.76. The Hall–Kier alpha value is -3.34. The van der Waals surface area contributed by atoms with Gasteiger partial charge in [0.1, 0.15) is 11.6 Å². The second-order valence-electron chi connectivity index (χ2n) is 6.37. The highest BCUT2D eigenvalue weighted by atomic mass is 19.1. The zero-order valence-electron chi connectivity index (χ0n) is 15.5. The van der Waals surface area contributed by atoms with Gasteiger partial charge in [-0.1, -0.05) is 30.3 Å². The first-order valence-electron chi connectivity index (χ1n) is 9.25. The summed E-state index contributed by atoms with van der Waals surface area (Å²) in [7, 11) is 0. The normalized spacial score (nSPS) is 10.3. The number of aryl methyl sites for hydroxylation is 1. The first-order chi connectivity index (χ1) is 13.7. The lowest BCUT2D eigenvalue weighted by molar-refractivity contribution is -0.114. The first kappa shape index (κ1) is 19.4. The van der Waals surface area contributed by atoms with Gasteiger partial charge in [0.25, 0.3) is 0 Å². The van der Waals surface area contributed by atoms with E-state index in [4.69, 9.17) is 4.74 Å². The Kier molecular flexibility index (Phi) is 7.01. The van der Waals surface area contributed by atoms with Crippen molar-refractivity contribution in [1.82, 2.24) is 0 Å². The number of nitrogens with one attached hydrogen (secondary N) is 2. The number of carbonyl (C=O) groups is 1. The van der Waals surface area contributed by atoms with Crippen LogP contribution in [0.15, 0.2) is 78.9 Å². The van der Waals surface area contributed by atoms with Crippen molar-refractivity contribution in [2.24, 2.45) is 0 Å². The van der Waals surface area contributed by atoms with E-state index in [1.807, 2.05) is 42.5 Å². The maximum atomic E-state index is 12.9. The molecule has 28 heavy (non-hydrogen) atoms. The number of hydrogen-bond donors (Lipinski definition) is 2. The van der Waals surface area contributed by atoms with E-state index in [2.05, 4.69) is 22.8 Å². The first-order valence-corrected chi connectivity index (χ1v) is 9.25. The molecule has 4 nitrogen and oxygen atoms in total. The molecule has 0 aromatic heterocycles. The van der Waals surface area contributed by atoms with Gasteiger partial charge >= 0.3 is 0 Å². The second-order valence-corrected chi connectivity index (χ2v) is 6.37. The average molecular weight is 378 g/mol. The highest BCUT2D eigenvalue weighted by Crippen LogP contribution is 2.16. The van der Waals surface area contributed by atoms with Crippen molar-refractivity contribution in [1.29, 1.82) is 0 Å². The van der Waals surface area contributed by atoms with Crippen LogP contribution in [0.3, 0.4) is 0 Å². The number of rotatable bonds is 9. The number of amides is 1. The summed E-state index contributed by atoms with van der Waals surface area (Å²) in [6.07, 6.45) is 1.94. The van der Waals surface area contributed by atoms with Crippen molar-refractivity contribution in [3.63, 3.8) is 0 Å². The van der Waals surface area contributed by atoms with Gasteiger partial charge in [-0.25, -0.2) is 4.39 Å². The minimum atomic E-state index is -0.335. The smallest absolute Gasteiger partial charge is 0.243 e. The van der Waals surface area contributed by atoms with Crippen LogP contribution in [0.5, 0.6) is 5.75 Å². The van der Waals surface area contributed by atoms with Gasteiger partial charge in [-0.2, -0.15) is 0 Å². The SMILES string of the molecule is O=C(CNc1ccc(OCCCc2ccccc2)cc1)Nc1ccc(F)cc1. The predicted molar refractivity (Wildman–Crippen MR) is 110 cm³/mol. The third-order valence-electron chi connectivity index (χ3n) is 4.16. The van der Waals surface area contributed by atoms with Gasteiger partial charge < -0.3 is 15.4 Å². The number of carbonyl (C=O) groups excluding carboxylic acids is 1. The van der Waals surface area contributed by atoms with Crippen molar-refractivity contribution < 1.29 is 13.9 Å². The number of halogens is 1. The summed E-state index contributed by atoms with van der Waals surface area (Å²) in [5.41, 5.74) is 2.70. The molecule has 0 saturated heterocycles. The molecule has 0 aliphatic rings. The van der Waals surface area contributed by atoms with Crippen LogP contribution in [0.4, 0.5) is 15.8 Å². The molecule has 0 aliphatic heterocycles. The molecule has 0 spiro atoms. The molecule has 0 unspecified atom stereocenters. The number of ether oxygens (including phenoxy) is 1. The van der Waals surface area contributed by atoms with Crippen LogP contribution in [0.25, 0.3) is 0 Å². The standard InChI is InChI=1S/C23H23FN2O2/c24-19-8-10-21(11-9-19)26-23(27)17-25-20-12-14-22(15-13-20)28-16-4-7-18-5-2-1-3-6-18/h1-3,5-6,8-15,25H,4,7,16-17H2,(H,26,27). The molecule has 144 valence electrons. The summed E-state index contributed by atoms with van der Waals surface area (Å²) in [6.45, 7) is 0.774. The van der Waals surface area contributed by atoms with Gasteiger partial charge in [-0.3, -0.25) is 4.79 Å². The molecule has 0 aliphatic carbocycles. The predicted octanol–water partition coefficient (Wildman–Crippen LogP) is 4.89. The Bertz CT molecular complexity index is 865.